The Morgan fingerprint density at radius 3 is 2.65 bits per heavy atom. The number of benzene rings is 1. The van der Waals surface area contributed by atoms with Crippen molar-refractivity contribution in [1.82, 2.24) is 0 Å². The predicted molar refractivity (Wildman–Crippen MR) is 78.3 cm³/mol. The zero-order valence-corrected chi connectivity index (χ0v) is 11.6. The molecule has 1 saturated carbocycles. The molecule has 1 aliphatic rings. The molecule has 3 nitrogen and oxygen atoms in total. The monoisotopic (exact) mass is 266 g/mol. The van der Waals surface area contributed by atoms with Crippen molar-refractivity contribution in [1.29, 1.82) is 5.26 Å². The molecule has 1 aliphatic carbocycles. The summed E-state index contributed by atoms with van der Waals surface area (Å²) in [4.78, 5) is 0. The number of hydrogen-bond acceptors (Lipinski definition) is 3. The average molecular weight is 266 g/mol. The summed E-state index contributed by atoms with van der Waals surface area (Å²) in [6.07, 6.45) is 1.71. The standard InChI is InChI=1S/C17H18N2O/c1-12-10-16(12)17-7-6-15(20-17)11-19-14-4-2-13(3-5-14)8-9-18/h2-7,12,16,19H,8,10-11H2,1H3. The number of nitrogens with one attached hydrogen (secondary N) is 1. The fraction of sp³-hybridized carbons (Fsp3) is 0.353. The van der Waals surface area contributed by atoms with E-state index in [2.05, 4.69) is 30.4 Å². The number of anilines is 1. The molecule has 20 heavy (non-hydrogen) atoms. The molecular formula is C17H18N2O. The Hall–Kier alpha value is -2.21. The highest BCUT2D eigenvalue weighted by Gasteiger charge is 2.36. The molecule has 0 spiro atoms. The molecule has 1 heterocycles. The fourth-order valence-electron chi connectivity index (χ4n) is 2.43. The van der Waals surface area contributed by atoms with Gasteiger partial charge in [0.1, 0.15) is 11.5 Å². The van der Waals surface area contributed by atoms with Crippen LogP contribution in [0.5, 0.6) is 0 Å². The Labute approximate surface area is 119 Å². The average Bonchev–Trinajstić information content (AvgIpc) is 3.01. The molecule has 2 unspecified atom stereocenters. The van der Waals surface area contributed by atoms with Gasteiger partial charge in [-0.1, -0.05) is 19.1 Å². The van der Waals surface area contributed by atoms with Crippen molar-refractivity contribution >= 4 is 5.69 Å². The second-order valence-corrected chi connectivity index (χ2v) is 5.51. The molecule has 1 fully saturated rings. The molecule has 0 aliphatic heterocycles. The van der Waals surface area contributed by atoms with E-state index in [1.807, 2.05) is 24.3 Å². The van der Waals surface area contributed by atoms with E-state index in [0.29, 0.717) is 18.9 Å². The first-order chi connectivity index (χ1) is 9.76. The van der Waals surface area contributed by atoms with Crippen LogP contribution < -0.4 is 5.32 Å². The van der Waals surface area contributed by atoms with Gasteiger partial charge in [-0.05, 0) is 42.2 Å². The first-order valence-electron chi connectivity index (χ1n) is 7.04. The maximum Gasteiger partial charge on any atom is 0.123 e. The zero-order valence-electron chi connectivity index (χ0n) is 11.6. The Kier molecular flexibility index (Phi) is 3.47. The van der Waals surface area contributed by atoms with Gasteiger partial charge in [-0.3, -0.25) is 0 Å². The molecule has 1 aromatic heterocycles. The van der Waals surface area contributed by atoms with Gasteiger partial charge in [-0.15, -0.1) is 0 Å². The molecule has 3 rings (SSSR count). The van der Waals surface area contributed by atoms with E-state index in [0.717, 1.165) is 28.7 Å². The molecule has 3 heteroatoms. The van der Waals surface area contributed by atoms with Gasteiger partial charge in [0.15, 0.2) is 0 Å². The molecule has 102 valence electrons. The summed E-state index contributed by atoms with van der Waals surface area (Å²) in [7, 11) is 0. The topological polar surface area (TPSA) is 49.0 Å². The van der Waals surface area contributed by atoms with Gasteiger partial charge in [-0.25, -0.2) is 0 Å². The summed E-state index contributed by atoms with van der Waals surface area (Å²) < 4.78 is 5.86. The minimum Gasteiger partial charge on any atom is -0.464 e. The highest BCUT2D eigenvalue weighted by molar-refractivity contribution is 5.45. The smallest absolute Gasteiger partial charge is 0.123 e. The van der Waals surface area contributed by atoms with Gasteiger partial charge in [0, 0.05) is 11.6 Å². The molecule has 0 saturated heterocycles. The molecule has 1 aromatic carbocycles. The van der Waals surface area contributed by atoms with Crippen LogP contribution in [-0.4, -0.2) is 0 Å². The Balaban J connectivity index is 1.56. The van der Waals surface area contributed by atoms with Crippen LogP contribution in [-0.2, 0) is 13.0 Å². The molecule has 2 atom stereocenters. The fourth-order valence-corrected chi connectivity index (χ4v) is 2.43. The maximum absolute atomic E-state index is 8.63. The number of nitriles is 1. The van der Waals surface area contributed by atoms with Crippen molar-refractivity contribution < 1.29 is 4.42 Å². The van der Waals surface area contributed by atoms with Gasteiger partial charge in [0.25, 0.3) is 0 Å². The second kappa shape index (κ2) is 5.42. The van der Waals surface area contributed by atoms with E-state index in [1.54, 1.807) is 0 Å². The lowest BCUT2D eigenvalue weighted by Crippen LogP contribution is -1.98. The van der Waals surface area contributed by atoms with Gasteiger partial charge < -0.3 is 9.73 Å². The second-order valence-electron chi connectivity index (χ2n) is 5.51. The van der Waals surface area contributed by atoms with E-state index in [4.69, 9.17) is 9.68 Å². The normalized spacial score (nSPS) is 20.4. The number of furan rings is 1. The van der Waals surface area contributed by atoms with Gasteiger partial charge >= 0.3 is 0 Å². The van der Waals surface area contributed by atoms with Crippen molar-refractivity contribution in [3.63, 3.8) is 0 Å². The summed E-state index contributed by atoms with van der Waals surface area (Å²) in [6.45, 7) is 2.95. The molecule has 0 amide bonds. The van der Waals surface area contributed by atoms with Gasteiger partial charge in [0.2, 0.25) is 0 Å². The summed E-state index contributed by atoms with van der Waals surface area (Å²) in [5, 5.41) is 12.0. The van der Waals surface area contributed by atoms with Crippen LogP contribution in [0.1, 0.15) is 36.3 Å². The molecular weight excluding hydrogens is 248 g/mol. The number of hydrogen-bond donors (Lipinski definition) is 1. The van der Waals surface area contributed by atoms with Gasteiger partial charge in [-0.2, -0.15) is 5.26 Å². The summed E-state index contributed by atoms with van der Waals surface area (Å²) in [5.41, 5.74) is 2.09. The Bertz CT molecular complexity index is 621. The number of rotatable bonds is 5. The largest absolute Gasteiger partial charge is 0.464 e. The summed E-state index contributed by atoms with van der Waals surface area (Å²) in [5.74, 6) is 3.50. The van der Waals surface area contributed by atoms with Crippen molar-refractivity contribution in [3.05, 3.63) is 53.5 Å². The highest BCUT2D eigenvalue weighted by Crippen LogP contribution is 2.47. The SMILES string of the molecule is CC1CC1c1ccc(CNc2ccc(CC#N)cc2)o1. The van der Waals surface area contributed by atoms with E-state index in [1.165, 1.54) is 6.42 Å². The van der Waals surface area contributed by atoms with E-state index in [-0.39, 0.29) is 0 Å². The first-order valence-corrected chi connectivity index (χ1v) is 7.04. The van der Waals surface area contributed by atoms with Crippen molar-refractivity contribution in [2.45, 2.75) is 32.2 Å². The highest BCUT2D eigenvalue weighted by atomic mass is 16.3. The molecule has 0 radical (unpaired) electrons. The minimum atomic E-state index is 0.460. The lowest BCUT2D eigenvalue weighted by Gasteiger charge is -2.05. The summed E-state index contributed by atoms with van der Waals surface area (Å²) in [6, 6.07) is 14.3. The third-order valence-electron chi connectivity index (χ3n) is 3.86. The van der Waals surface area contributed by atoms with Crippen LogP contribution in [0.3, 0.4) is 0 Å². The van der Waals surface area contributed by atoms with Crippen LogP contribution >= 0.6 is 0 Å². The lowest BCUT2D eigenvalue weighted by atomic mass is 10.1. The van der Waals surface area contributed by atoms with Crippen LogP contribution in [0.4, 0.5) is 5.69 Å². The predicted octanol–water partition coefficient (Wildman–Crippen LogP) is 4.08. The van der Waals surface area contributed by atoms with E-state index in [9.17, 15) is 0 Å². The number of nitrogens with zero attached hydrogens (tertiary/aromatic N) is 1. The molecule has 0 bridgehead atoms. The zero-order chi connectivity index (χ0) is 13.9. The Morgan fingerprint density at radius 2 is 2.00 bits per heavy atom. The quantitative estimate of drug-likeness (QED) is 0.887. The van der Waals surface area contributed by atoms with Crippen LogP contribution in [0.25, 0.3) is 0 Å². The van der Waals surface area contributed by atoms with E-state index >= 15 is 0 Å². The van der Waals surface area contributed by atoms with Crippen molar-refractivity contribution in [2.24, 2.45) is 5.92 Å². The van der Waals surface area contributed by atoms with Crippen LogP contribution in [0, 0.1) is 17.2 Å². The van der Waals surface area contributed by atoms with Crippen molar-refractivity contribution in [3.8, 4) is 6.07 Å². The minimum absolute atomic E-state index is 0.460. The Morgan fingerprint density at radius 1 is 1.25 bits per heavy atom. The van der Waals surface area contributed by atoms with Gasteiger partial charge in [0.05, 0.1) is 19.0 Å². The van der Waals surface area contributed by atoms with E-state index < -0.39 is 0 Å². The molecule has 1 N–H and O–H groups in total. The van der Waals surface area contributed by atoms with Crippen LogP contribution in [0.15, 0.2) is 40.8 Å². The molecule has 2 aromatic rings. The third-order valence-corrected chi connectivity index (χ3v) is 3.86. The third kappa shape index (κ3) is 2.85. The summed E-state index contributed by atoms with van der Waals surface area (Å²) >= 11 is 0. The van der Waals surface area contributed by atoms with Crippen LogP contribution in [0.2, 0.25) is 0 Å². The maximum atomic E-state index is 8.63. The lowest BCUT2D eigenvalue weighted by molar-refractivity contribution is 0.468. The first kappa shape index (κ1) is 12.8. The van der Waals surface area contributed by atoms with Crippen molar-refractivity contribution in [2.75, 3.05) is 5.32 Å².